The number of ether oxygens (including phenoxy) is 1. The van der Waals surface area contributed by atoms with Gasteiger partial charge in [0.15, 0.2) is 0 Å². The van der Waals surface area contributed by atoms with Crippen LogP contribution in [0.2, 0.25) is 5.15 Å². The van der Waals surface area contributed by atoms with Crippen LogP contribution >= 0.6 is 27.5 Å². The van der Waals surface area contributed by atoms with E-state index in [1.165, 1.54) is 12.1 Å². The van der Waals surface area contributed by atoms with E-state index in [-0.39, 0.29) is 12.3 Å². The zero-order chi connectivity index (χ0) is 13.8. The number of hydrogen-bond acceptors (Lipinski definition) is 4. The number of benzene rings is 1. The molecule has 1 aromatic heterocycles. The molecule has 19 heavy (non-hydrogen) atoms. The summed E-state index contributed by atoms with van der Waals surface area (Å²) in [6, 6.07) is 7.84. The van der Waals surface area contributed by atoms with Crippen LogP contribution in [0.3, 0.4) is 0 Å². The second-order valence-corrected chi connectivity index (χ2v) is 4.83. The second kappa shape index (κ2) is 5.99. The SMILES string of the molecule is O=[N+]([O-])c1ccc(Br)c(OCc2cccnc2Cl)c1. The van der Waals surface area contributed by atoms with Crippen LogP contribution in [-0.4, -0.2) is 9.91 Å². The third kappa shape index (κ3) is 3.42. The number of halogens is 2. The predicted octanol–water partition coefficient (Wildman–Crippen LogP) is 3.98. The van der Waals surface area contributed by atoms with Gasteiger partial charge < -0.3 is 4.74 Å². The number of nitrogens with zero attached hydrogens (tertiary/aromatic N) is 2. The van der Waals surface area contributed by atoms with Crippen LogP contribution < -0.4 is 4.74 Å². The lowest BCUT2D eigenvalue weighted by Crippen LogP contribution is -1.98. The molecule has 0 saturated heterocycles. The van der Waals surface area contributed by atoms with Crippen molar-refractivity contribution in [3.8, 4) is 5.75 Å². The minimum absolute atomic E-state index is 0.0320. The molecule has 0 aliphatic heterocycles. The first-order chi connectivity index (χ1) is 9.08. The maximum Gasteiger partial charge on any atom is 0.273 e. The van der Waals surface area contributed by atoms with Gasteiger partial charge in [0.1, 0.15) is 17.5 Å². The van der Waals surface area contributed by atoms with Gasteiger partial charge in [-0.25, -0.2) is 4.98 Å². The Bertz CT molecular complexity index is 622. The van der Waals surface area contributed by atoms with Crippen LogP contribution in [0.5, 0.6) is 5.75 Å². The molecule has 0 bridgehead atoms. The quantitative estimate of drug-likeness (QED) is 0.478. The Hall–Kier alpha value is -1.66. The highest BCUT2D eigenvalue weighted by molar-refractivity contribution is 9.10. The van der Waals surface area contributed by atoms with Gasteiger partial charge in [-0.1, -0.05) is 17.7 Å². The molecule has 98 valence electrons. The summed E-state index contributed by atoms with van der Waals surface area (Å²) in [7, 11) is 0. The van der Waals surface area contributed by atoms with E-state index in [1.54, 1.807) is 24.4 Å². The second-order valence-electron chi connectivity index (χ2n) is 3.61. The van der Waals surface area contributed by atoms with Crippen LogP contribution in [-0.2, 0) is 6.61 Å². The minimum Gasteiger partial charge on any atom is -0.487 e. The number of non-ortho nitro benzene ring substituents is 1. The Labute approximate surface area is 122 Å². The number of hydrogen-bond donors (Lipinski definition) is 0. The van der Waals surface area contributed by atoms with Gasteiger partial charge in [-0.3, -0.25) is 10.1 Å². The van der Waals surface area contributed by atoms with Gasteiger partial charge in [-0.05, 0) is 28.1 Å². The number of aromatic nitrogens is 1. The molecule has 7 heteroatoms. The van der Waals surface area contributed by atoms with Crippen LogP contribution in [0.15, 0.2) is 41.0 Å². The maximum absolute atomic E-state index is 10.7. The van der Waals surface area contributed by atoms with Crippen molar-refractivity contribution in [2.75, 3.05) is 0 Å². The Kier molecular flexibility index (Phi) is 4.34. The molecular weight excluding hydrogens is 336 g/mol. The van der Waals surface area contributed by atoms with Crippen molar-refractivity contribution in [1.29, 1.82) is 0 Å². The van der Waals surface area contributed by atoms with Crippen molar-refractivity contribution in [1.82, 2.24) is 4.98 Å². The van der Waals surface area contributed by atoms with E-state index in [2.05, 4.69) is 20.9 Å². The lowest BCUT2D eigenvalue weighted by molar-refractivity contribution is -0.385. The largest absolute Gasteiger partial charge is 0.487 e. The molecule has 1 aromatic carbocycles. The first kappa shape index (κ1) is 13.8. The van der Waals surface area contributed by atoms with Crippen molar-refractivity contribution >= 4 is 33.2 Å². The fourth-order valence-corrected chi connectivity index (χ4v) is 1.93. The first-order valence-electron chi connectivity index (χ1n) is 5.24. The molecule has 0 spiro atoms. The molecule has 0 fully saturated rings. The Morgan fingerprint density at radius 3 is 2.89 bits per heavy atom. The van der Waals surface area contributed by atoms with Crippen molar-refractivity contribution in [2.45, 2.75) is 6.61 Å². The normalized spacial score (nSPS) is 10.2. The van der Waals surface area contributed by atoms with Gasteiger partial charge in [-0.2, -0.15) is 0 Å². The van der Waals surface area contributed by atoms with E-state index in [0.29, 0.717) is 20.9 Å². The highest BCUT2D eigenvalue weighted by Crippen LogP contribution is 2.30. The third-order valence-electron chi connectivity index (χ3n) is 2.35. The summed E-state index contributed by atoms with van der Waals surface area (Å²) >= 11 is 9.18. The molecule has 0 amide bonds. The van der Waals surface area contributed by atoms with Crippen LogP contribution in [0.25, 0.3) is 0 Å². The smallest absolute Gasteiger partial charge is 0.273 e. The molecule has 5 nitrogen and oxygen atoms in total. The van der Waals surface area contributed by atoms with E-state index < -0.39 is 4.92 Å². The molecule has 1 heterocycles. The fraction of sp³-hybridized carbons (Fsp3) is 0.0833. The molecule has 2 rings (SSSR count). The molecule has 0 aliphatic rings. The average Bonchev–Trinajstić information content (AvgIpc) is 2.39. The monoisotopic (exact) mass is 342 g/mol. The average molecular weight is 344 g/mol. The summed E-state index contributed by atoms with van der Waals surface area (Å²) in [5.41, 5.74) is 0.679. The zero-order valence-corrected chi connectivity index (χ0v) is 11.9. The van der Waals surface area contributed by atoms with Gasteiger partial charge in [0.05, 0.1) is 15.5 Å². The van der Waals surface area contributed by atoms with Crippen molar-refractivity contribution in [3.63, 3.8) is 0 Å². The van der Waals surface area contributed by atoms with Gasteiger partial charge in [0, 0.05) is 17.8 Å². The highest BCUT2D eigenvalue weighted by atomic mass is 79.9. The predicted molar refractivity (Wildman–Crippen MR) is 74.4 cm³/mol. The molecule has 0 N–H and O–H groups in total. The highest BCUT2D eigenvalue weighted by Gasteiger charge is 2.11. The number of nitro benzene ring substituents is 1. The van der Waals surface area contributed by atoms with Crippen molar-refractivity contribution in [2.24, 2.45) is 0 Å². The maximum atomic E-state index is 10.7. The molecular formula is C12H8BrClN2O3. The minimum atomic E-state index is -0.476. The van der Waals surface area contributed by atoms with E-state index in [9.17, 15) is 10.1 Å². The van der Waals surface area contributed by atoms with Crippen molar-refractivity contribution < 1.29 is 9.66 Å². The van der Waals surface area contributed by atoms with Gasteiger partial charge in [0.25, 0.3) is 5.69 Å². The standard InChI is InChI=1S/C12H8BrClN2O3/c13-10-4-3-9(16(17)18)6-11(10)19-7-8-2-1-5-15-12(8)14/h1-6H,7H2. The Morgan fingerprint density at radius 1 is 1.42 bits per heavy atom. The Balaban J connectivity index is 2.17. The summed E-state index contributed by atoms with van der Waals surface area (Å²) in [5.74, 6) is 0.383. The van der Waals surface area contributed by atoms with Crippen LogP contribution in [0, 0.1) is 10.1 Å². The Morgan fingerprint density at radius 2 is 2.21 bits per heavy atom. The number of nitro groups is 1. The molecule has 0 aliphatic carbocycles. The van der Waals surface area contributed by atoms with E-state index >= 15 is 0 Å². The van der Waals surface area contributed by atoms with E-state index in [1.807, 2.05) is 0 Å². The van der Waals surface area contributed by atoms with E-state index in [0.717, 1.165) is 0 Å². The molecule has 0 radical (unpaired) electrons. The van der Waals surface area contributed by atoms with Crippen LogP contribution in [0.4, 0.5) is 5.69 Å². The van der Waals surface area contributed by atoms with Crippen molar-refractivity contribution in [3.05, 3.63) is 61.8 Å². The summed E-state index contributed by atoms with van der Waals surface area (Å²) in [6.45, 7) is 0.187. The topological polar surface area (TPSA) is 65.3 Å². The summed E-state index contributed by atoms with van der Waals surface area (Å²) in [5, 5.41) is 11.0. The molecule has 2 aromatic rings. The van der Waals surface area contributed by atoms with Crippen LogP contribution in [0.1, 0.15) is 5.56 Å². The van der Waals surface area contributed by atoms with Gasteiger partial charge in [-0.15, -0.1) is 0 Å². The number of rotatable bonds is 4. The molecule has 0 unspecified atom stereocenters. The molecule has 0 saturated carbocycles. The number of pyridine rings is 1. The lowest BCUT2D eigenvalue weighted by atomic mass is 10.3. The lowest BCUT2D eigenvalue weighted by Gasteiger charge is -2.08. The first-order valence-corrected chi connectivity index (χ1v) is 6.41. The van der Waals surface area contributed by atoms with Gasteiger partial charge in [0.2, 0.25) is 0 Å². The van der Waals surface area contributed by atoms with Gasteiger partial charge >= 0.3 is 0 Å². The summed E-state index contributed by atoms with van der Waals surface area (Å²) in [4.78, 5) is 14.1. The summed E-state index contributed by atoms with van der Waals surface area (Å²) < 4.78 is 6.16. The van der Waals surface area contributed by atoms with E-state index in [4.69, 9.17) is 16.3 Å². The summed E-state index contributed by atoms with van der Waals surface area (Å²) in [6.07, 6.45) is 1.58. The molecule has 0 atom stereocenters. The zero-order valence-electron chi connectivity index (χ0n) is 9.55. The third-order valence-corrected chi connectivity index (χ3v) is 3.34. The fourth-order valence-electron chi connectivity index (χ4n) is 1.40.